The Bertz CT molecular complexity index is 948. The van der Waals surface area contributed by atoms with E-state index in [4.69, 9.17) is 4.74 Å². The number of imide groups is 1. The monoisotopic (exact) mass is 348 g/mol. The Morgan fingerprint density at radius 2 is 1.92 bits per heavy atom. The Morgan fingerprint density at radius 3 is 2.73 bits per heavy atom. The highest BCUT2D eigenvalue weighted by Crippen LogP contribution is 2.29. The molecule has 1 aromatic heterocycles. The summed E-state index contributed by atoms with van der Waals surface area (Å²) in [5, 5.41) is 1.00. The van der Waals surface area contributed by atoms with Crippen LogP contribution in [0.15, 0.2) is 60.8 Å². The summed E-state index contributed by atoms with van der Waals surface area (Å²) in [6.45, 7) is 2.07. The highest BCUT2D eigenvalue weighted by Gasteiger charge is 2.40. The fraction of sp³-hybridized carbons (Fsp3) is 0.238. The number of hydrogen-bond donors (Lipinski definition) is 1. The molecule has 0 unspecified atom stereocenters. The third kappa shape index (κ3) is 2.86. The lowest BCUT2D eigenvalue weighted by molar-refractivity contribution is -0.130. The van der Waals surface area contributed by atoms with Gasteiger partial charge in [-0.3, -0.25) is 4.79 Å². The number of ether oxygens (including phenoxy) is 1. The number of rotatable bonds is 4. The number of fused-ring (bicyclic) bond motifs is 1. The number of carbonyl (C=O) groups excluding carboxylic acids is 2. The van der Waals surface area contributed by atoms with Gasteiger partial charge < -0.3 is 9.72 Å². The van der Waals surface area contributed by atoms with E-state index in [1.165, 1.54) is 4.90 Å². The molecule has 2 aromatic carbocycles. The van der Waals surface area contributed by atoms with Gasteiger partial charge in [-0.1, -0.05) is 48.5 Å². The fourth-order valence-corrected chi connectivity index (χ4v) is 3.56. The third-order valence-electron chi connectivity index (χ3n) is 4.97. The molecule has 5 heteroatoms. The number of para-hydroxylation sites is 1. The number of nitrogens with one attached hydrogen (secondary N) is 1. The minimum absolute atomic E-state index is 0.224. The summed E-state index contributed by atoms with van der Waals surface area (Å²) in [6.07, 6.45) is 1.89. The number of benzene rings is 2. The maximum atomic E-state index is 13.1. The third-order valence-corrected chi connectivity index (χ3v) is 4.97. The van der Waals surface area contributed by atoms with Crippen LogP contribution in [-0.4, -0.2) is 34.5 Å². The van der Waals surface area contributed by atoms with E-state index in [1.807, 2.05) is 67.7 Å². The Kier molecular flexibility index (Phi) is 4.21. The number of nitrogens with zero attached hydrogens (tertiary/aromatic N) is 1. The van der Waals surface area contributed by atoms with Crippen LogP contribution in [0.4, 0.5) is 4.79 Å². The molecule has 3 aromatic rings. The number of aromatic nitrogens is 1. The summed E-state index contributed by atoms with van der Waals surface area (Å²) in [5.41, 5.74) is 2.95. The molecule has 0 aliphatic carbocycles. The van der Waals surface area contributed by atoms with E-state index in [2.05, 4.69) is 4.98 Å². The molecule has 2 heterocycles. The average molecular weight is 348 g/mol. The largest absolute Gasteiger partial charge is 0.447 e. The molecule has 1 saturated heterocycles. The van der Waals surface area contributed by atoms with Crippen molar-refractivity contribution >= 4 is 22.9 Å². The van der Waals surface area contributed by atoms with Gasteiger partial charge in [-0.15, -0.1) is 0 Å². The summed E-state index contributed by atoms with van der Waals surface area (Å²) in [5.74, 6) is -0.659. The van der Waals surface area contributed by atoms with Crippen molar-refractivity contribution in [3.8, 4) is 0 Å². The Balaban J connectivity index is 1.59. The zero-order valence-corrected chi connectivity index (χ0v) is 14.5. The van der Waals surface area contributed by atoms with Crippen LogP contribution in [0, 0.1) is 0 Å². The van der Waals surface area contributed by atoms with E-state index >= 15 is 0 Å². The summed E-state index contributed by atoms with van der Waals surface area (Å²) in [7, 11) is 0. The van der Waals surface area contributed by atoms with Crippen LogP contribution in [-0.2, 0) is 16.0 Å². The van der Waals surface area contributed by atoms with Crippen molar-refractivity contribution in [1.29, 1.82) is 0 Å². The Morgan fingerprint density at radius 1 is 1.19 bits per heavy atom. The number of amides is 2. The van der Waals surface area contributed by atoms with E-state index in [1.54, 1.807) is 0 Å². The maximum absolute atomic E-state index is 13.1. The molecule has 5 nitrogen and oxygen atoms in total. The molecule has 0 radical (unpaired) electrons. The second-order valence-corrected chi connectivity index (χ2v) is 6.64. The molecule has 26 heavy (non-hydrogen) atoms. The summed E-state index contributed by atoms with van der Waals surface area (Å²) < 4.78 is 5.18. The van der Waals surface area contributed by atoms with Crippen LogP contribution in [0.3, 0.4) is 0 Å². The first-order chi connectivity index (χ1) is 12.6. The normalized spacial score (nSPS) is 18.1. The van der Waals surface area contributed by atoms with E-state index in [0.717, 1.165) is 22.0 Å². The molecule has 1 N–H and O–H groups in total. The van der Waals surface area contributed by atoms with Gasteiger partial charge in [0.25, 0.3) is 0 Å². The van der Waals surface area contributed by atoms with Crippen molar-refractivity contribution in [2.45, 2.75) is 25.3 Å². The SMILES string of the molecule is C[C@@H](C(=O)N1C(=O)OC[C@@H]1Cc1ccccc1)c1c[nH]c2ccccc12. The number of aromatic amines is 1. The zero-order chi connectivity index (χ0) is 18.1. The second-order valence-electron chi connectivity index (χ2n) is 6.64. The lowest BCUT2D eigenvalue weighted by Crippen LogP contribution is -2.42. The van der Waals surface area contributed by atoms with Gasteiger partial charge in [-0.2, -0.15) is 0 Å². The standard InChI is InChI=1S/C21H20N2O3/c1-14(18-12-22-19-10-6-5-9-17(18)19)20(24)23-16(13-26-21(23)25)11-15-7-3-2-4-8-15/h2-10,12,14,16,22H,11,13H2,1H3/t14-,16+/m1/s1. The molecule has 0 spiro atoms. The predicted molar refractivity (Wildman–Crippen MR) is 98.8 cm³/mol. The van der Waals surface area contributed by atoms with Crippen LogP contribution in [0.5, 0.6) is 0 Å². The molecule has 2 amide bonds. The minimum atomic E-state index is -0.553. The molecule has 1 aliphatic rings. The Labute approximate surface area is 151 Å². The highest BCUT2D eigenvalue weighted by molar-refractivity contribution is 5.99. The van der Waals surface area contributed by atoms with Crippen molar-refractivity contribution in [3.63, 3.8) is 0 Å². The van der Waals surface area contributed by atoms with Crippen LogP contribution in [0.25, 0.3) is 10.9 Å². The smallest absolute Gasteiger partial charge is 0.417 e. The predicted octanol–water partition coefficient (Wildman–Crippen LogP) is 3.86. The number of hydrogen-bond acceptors (Lipinski definition) is 3. The van der Waals surface area contributed by atoms with E-state index in [-0.39, 0.29) is 18.6 Å². The first kappa shape index (κ1) is 16.4. The zero-order valence-electron chi connectivity index (χ0n) is 14.5. The molecule has 132 valence electrons. The lowest BCUT2D eigenvalue weighted by Gasteiger charge is -2.23. The molecule has 4 rings (SSSR count). The topological polar surface area (TPSA) is 62.4 Å². The van der Waals surface area contributed by atoms with Gasteiger partial charge in [0.15, 0.2) is 0 Å². The first-order valence-electron chi connectivity index (χ1n) is 8.75. The van der Waals surface area contributed by atoms with Gasteiger partial charge in [0.2, 0.25) is 5.91 Å². The minimum Gasteiger partial charge on any atom is -0.447 e. The molecule has 0 saturated carbocycles. The summed E-state index contributed by atoms with van der Waals surface area (Å²) in [4.78, 5) is 29.8. The van der Waals surface area contributed by atoms with Crippen molar-refractivity contribution in [3.05, 3.63) is 71.9 Å². The van der Waals surface area contributed by atoms with Gasteiger partial charge >= 0.3 is 6.09 Å². The molecule has 0 bridgehead atoms. The van der Waals surface area contributed by atoms with Crippen LogP contribution >= 0.6 is 0 Å². The quantitative estimate of drug-likeness (QED) is 0.779. The van der Waals surface area contributed by atoms with Crippen molar-refractivity contribution in [2.75, 3.05) is 6.61 Å². The van der Waals surface area contributed by atoms with Gasteiger partial charge in [-0.25, -0.2) is 9.69 Å². The maximum Gasteiger partial charge on any atom is 0.417 e. The van der Waals surface area contributed by atoms with Crippen molar-refractivity contribution in [2.24, 2.45) is 0 Å². The van der Waals surface area contributed by atoms with E-state index in [9.17, 15) is 9.59 Å². The van der Waals surface area contributed by atoms with Crippen LogP contribution in [0.2, 0.25) is 0 Å². The van der Waals surface area contributed by atoms with Gasteiger partial charge in [-0.05, 0) is 30.5 Å². The van der Waals surface area contributed by atoms with Crippen molar-refractivity contribution in [1.82, 2.24) is 9.88 Å². The van der Waals surface area contributed by atoms with Crippen LogP contribution in [0.1, 0.15) is 24.0 Å². The Hall–Kier alpha value is -3.08. The highest BCUT2D eigenvalue weighted by atomic mass is 16.6. The molecule has 1 aliphatic heterocycles. The van der Waals surface area contributed by atoms with Crippen LogP contribution < -0.4 is 0 Å². The van der Waals surface area contributed by atoms with E-state index in [0.29, 0.717) is 6.42 Å². The number of carbonyl (C=O) groups is 2. The molecular formula is C21H20N2O3. The number of cyclic esters (lactones) is 1. The van der Waals surface area contributed by atoms with Gasteiger partial charge in [0, 0.05) is 17.1 Å². The second kappa shape index (κ2) is 6.67. The average Bonchev–Trinajstić information content (AvgIpc) is 3.25. The summed E-state index contributed by atoms with van der Waals surface area (Å²) in [6, 6.07) is 17.4. The summed E-state index contributed by atoms with van der Waals surface area (Å²) >= 11 is 0. The molecule has 2 atom stereocenters. The van der Waals surface area contributed by atoms with E-state index < -0.39 is 12.0 Å². The van der Waals surface area contributed by atoms with Crippen molar-refractivity contribution < 1.29 is 14.3 Å². The fourth-order valence-electron chi connectivity index (χ4n) is 3.56. The van der Waals surface area contributed by atoms with Gasteiger partial charge in [0.1, 0.15) is 6.61 Å². The lowest BCUT2D eigenvalue weighted by atomic mass is 9.97. The number of H-pyrrole nitrogens is 1. The first-order valence-corrected chi connectivity index (χ1v) is 8.75. The molecule has 1 fully saturated rings. The molecular weight excluding hydrogens is 328 g/mol. The van der Waals surface area contributed by atoms with Gasteiger partial charge in [0.05, 0.1) is 12.0 Å².